The molecule has 0 aromatic carbocycles. The summed E-state index contributed by atoms with van der Waals surface area (Å²) in [6.07, 6.45) is 8.98. The summed E-state index contributed by atoms with van der Waals surface area (Å²) in [5.41, 5.74) is 0. The Labute approximate surface area is 111 Å². The minimum Gasteiger partial charge on any atom is -0.393 e. The van der Waals surface area contributed by atoms with Crippen LogP contribution in [0.5, 0.6) is 0 Å². The number of nitrogens with zero attached hydrogens (tertiary/aromatic N) is 1. The zero-order valence-electron chi connectivity index (χ0n) is 11.7. The van der Waals surface area contributed by atoms with Crippen LogP contribution in [0.25, 0.3) is 0 Å². The van der Waals surface area contributed by atoms with Gasteiger partial charge in [-0.3, -0.25) is 0 Å². The molecule has 4 atom stereocenters. The van der Waals surface area contributed by atoms with Gasteiger partial charge in [-0.2, -0.15) is 0 Å². The first kappa shape index (κ1) is 14.3. The van der Waals surface area contributed by atoms with Crippen LogP contribution < -0.4 is 0 Å². The van der Waals surface area contributed by atoms with Crippen molar-refractivity contribution in [2.24, 2.45) is 11.8 Å². The fraction of sp³-hybridized carbons (Fsp3) is 1.00. The average molecular weight is 255 g/mol. The molecule has 2 fully saturated rings. The predicted octanol–water partition coefficient (Wildman–Crippen LogP) is 2.02. The van der Waals surface area contributed by atoms with Gasteiger partial charge in [0.15, 0.2) is 0 Å². The van der Waals surface area contributed by atoms with Crippen LogP contribution in [0.2, 0.25) is 0 Å². The van der Waals surface area contributed by atoms with Gasteiger partial charge in [-0.1, -0.05) is 25.7 Å². The second-order valence-corrected chi connectivity index (χ2v) is 6.44. The Kier molecular flexibility index (Phi) is 5.46. The fourth-order valence-corrected chi connectivity index (χ4v) is 3.68. The molecule has 0 aromatic rings. The third-order valence-corrected chi connectivity index (χ3v) is 4.83. The van der Waals surface area contributed by atoms with Crippen LogP contribution in [0.15, 0.2) is 0 Å². The Morgan fingerprint density at radius 1 is 0.778 bits per heavy atom. The van der Waals surface area contributed by atoms with E-state index in [1.54, 1.807) is 0 Å². The lowest BCUT2D eigenvalue weighted by Crippen LogP contribution is -2.40. The largest absolute Gasteiger partial charge is 0.393 e. The van der Waals surface area contributed by atoms with Crippen LogP contribution in [0.4, 0.5) is 0 Å². The van der Waals surface area contributed by atoms with E-state index in [1.165, 1.54) is 38.5 Å². The van der Waals surface area contributed by atoms with Crippen molar-refractivity contribution >= 4 is 0 Å². The third kappa shape index (κ3) is 3.94. The molecule has 106 valence electrons. The molecule has 0 amide bonds. The van der Waals surface area contributed by atoms with Crippen molar-refractivity contribution in [3.63, 3.8) is 0 Å². The summed E-state index contributed by atoms with van der Waals surface area (Å²) in [5.74, 6) is 0.897. The molecule has 2 rings (SSSR count). The summed E-state index contributed by atoms with van der Waals surface area (Å²) < 4.78 is 0. The van der Waals surface area contributed by atoms with Crippen LogP contribution in [0.3, 0.4) is 0 Å². The summed E-state index contributed by atoms with van der Waals surface area (Å²) in [5, 5.41) is 20.0. The van der Waals surface area contributed by atoms with E-state index in [9.17, 15) is 10.2 Å². The highest BCUT2D eigenvalue weighted by Gasteiger charge is 2.27. The highest BCUT2D eigenvalue weighted by Crippen LogP contribution is 2.27. The summed E-state index contributed by atoms with van der Waals surface area (Å²) in [4.78, 5) is 2.33. The molecule has 2 aliphatic carbocycles. The quantitative estimate of drug-likeness (QED) is 0.808. The maximum absolute atomic E-state index is 10.00. The molecule has 4 unspecified atom stereocenters. The van der Waals surface area contributed by atoms with Gasteiger partial charge >= 0.3 is 0 Å². The molecule has 0 aliphatic heterocycles. The van der Waals surface area contributed by atoms with Crippen LogP contribution >= 0.6 is 0 Å². The van der Waals surface area contributed by atoms with Crippen molar-refractivity contribution in [2.75, 3.05) is 20.1 Å². The lowest BCUT2D eigenvalue weighted by molar-refractivity contribution is 0.0260. The van der Waals surface area contributed by atoms with E-state index >= 15 is 0 Å². The van der Waals surface area contributed by atoms with Gasteiger partial charge in [-0.15, -0.1) is 0 Å². The van der Waals surface area contributed by atoms with Crippen molar-refractivity contribution in [2.45, 2.75) is 63.6 Å². The SMILES string of the molecule is CN(CC1CCCCC1O)CC1CCCCC1O. The fourth-order valence-electron chi connectivity index (χ4n) is 3.68. The Morgan fingerprint density at radius 2 is 1.17 bits per heavy atom. The topological polar surface area (TPSA) is 43.7 Å². The minimum absolute atomic E-state index is 0.0996. The lowest BCUT2D eigenvalue weighted by atomic mass is 9.84. The average Bonchev–Trinajstić information content (AvgIpc) is 2.35. The van der Waals surface area contributed by atoms with Crippen molar-refractivity contribution in [1.82, 2.24) is 4.90 Å². The van der Waals surface area contributed by atoms with Crippen LogP contribution in [-0.4, -0.2) is 47.5 Å². The Bertz CT molecular complexity index is 223. The predicted molar refractivity (Wildman–Crippen MR) is 73.4 cm³/mol. The van der Waals surface area contributed by atoms with Gasteiger partial charge in [0.2, 0.25) is 0 Å². The van der Waals surface area contributed by atoms with E-state index in [1.807, 2.05) is 0 Å². The molecule has 3 nitrogen and oxygen atoms in total. The Morgan fingerprint density at radius 3 is 1.56 bits per heavy atom. The maximum Gasteiger partial charge on any atom is 0.0580 e. The second kappa shape index (κ2) is 6.88. The number of aliphatic hydroxyl groups is 2. The van der Waals surface area contributed by atoms with Gasteiger partial charge in [0, 0.05) is 13.1 Å². The highest BCUT2D eigenvalue weighted by molar-refractivity contribution is 4.80. The van der Waals surface area contributed by atoms with Gasteiger partial charge in [-0.05, 0) is 44.6 Å². The first-order valence-corrected chi connectivity index (χ1v) is 7.71. The zero-order chi connectivity index (χ0) is 13.0. The molecule has 0 heterocycles. The normalized spacial score (nSPS) is 38.0. The van der Waals surface area contributed by atoms with E-state index in [2.05, 4.69) is 11.9 Å². The van der Waals surface area contributed by atoms with Gasteiger partial charge in [-0.25, -0.2) is 0 Å². The van der Waals surface area contributed by atoms with E-state index in [-0.39, 0.29) is 12.2 Å². The van der Waals surface area contributed by atoms with Crippen molar-refractivity contribution < 1.29 is 10.2 Å². The van der Waals surface area contributed by atoms with Crippen molar-refractivity contribution in [1.29, 1.82) is 0 Å². The molecule has 0 spiro atoms. The Balaban J connectivity index is 1.75. The maximum atomic E-state index is 10.00. The summed E-state index contributed by atoms with van der Waals surface area (Å²) in [6.45, 7) is 1.98. The van der Waals surface area contributed by atoms with Gasteiger partial charge in [0.1, 0.15) is 0 Å². The second-order valence-electron chi connectivity index (χ2n) is 6.44. The van der Waals surface area contributed by atoms with Gasteiger partial charge < -0.3 is 15.1 Å². The highest BCUT2D eigenvalue weighted by atomic mass is 16.3. The van der Waals surface area contributed by atoms with Gasteiger partial charge in [0.25, 0.3) is 0 Å². The number of aliphatic hydroxyl groups excluding tert-OH is 2. The molecule has 0 aromatic heterocycles. The van der Waals surface area contributed by atoms with Crippen molar-refractivity contribution in [3.8, 4) is 0 Å². The molecule has 18 heavy (non-hydrogen) atoms. The molecule has 2 N–H and O–H groups in total. The molecule has 0 saturated heterocycles. The van der Waals surface area contributed by atoms with E-state index in [0.29, 0.717) is 11.8 Å². The smallest absolute Gasteiger partial charge is 0.0580 e. The lowest BCUT2D eigenvalue weighted by Gasteiger charge is -2.35. The van der Waals surface area contributed by atoms with Crippen molar-refractivity contribution in [3.05, 3.63) is 0 Å². The monoisotopic (exact) mass is 255 g/mol. The summed E-state index contributed by atoms with van der Waals surface area (Å²) >= 11 is 0. The van der Waals surface area contributed by atoms with E-state index in [0.717, 1.165) is 25.9 Å². The first-order chi connectivity index (χ1) is 8.66. The molecule has 0 bridgehead atoms. The van der Waals surface area contributed by atoms with E-state index in [4.69, 9.17) is 0 Å². The van der Waals surface area contributed by atoms with Crippen LogP contribution in [0.1, 0.15) is 51.4 Å². The molecule has 3 heteroatoms. The number of hydrogen-bond acceptors (Lipinski definition) is 3. The number of hydrogen-bond donors (Lipinski definition) is 2. The van der Waals surface area contributed by atoms with E-state index < -0.39 is 0 Å². The zero-order valence-corrected chi connectivity index (χ0v) is 11.7. The first-order valence-electron chi connectivity index (χ1n) is 7.71. The Hall–Kier alpha value is -0.120. The third-order valence-electron chi connectivity index (χ3n) is 4.83. The summed E-state index contributed by atoms with van der Waals surface area (Å²) in [7, 11) is 2.14. The summed E-state index contributed by atoms with van der Waals surface area (Å²) in [6, 6.07) is 0. The molecular formula is C15H29NO2. The van der Waals surface area contributed by atoms with Crippen LogP contribution in [0, 0.1) is 11.8 Å². The van der Waals surface area contributed by atoms with Crippen LogP contribution in [-0.2, 0) is 0 Å². The molecule has 2 aliphatic rings. The standard InChI is InChI=1S/C15H29NO2/c1-16(10-12-6-2-4-8-14(12)17)11-13-7-3-5-9-15(13)18/h12-15,17-18H,2-11H2,1H3. The number of rotatable bonds is 4. The molecule has 0 radical (unpaired) electrons. The van der Waals surface area contributed by atoms with Gasteiger partial charge in [0.05, 0.1) is 12.2 Å². The molecular weight excluding hydrogens is 226 g/mol. The molecule has 2 saturated carbocycles. The minimum atomic E-state index is -0.0996.